The summed E-state index contributed by atoms with van der Waals surface area (Å²) >= 11 is 0. The van der Waals surface area contributed by atoms with Gasteiger partial charge in [0.25, 0.3) is 0 Å². The van der Waals surface area contributed by atoms with Crippen molar-refractivity contribution < 1.29 is 9.47 Å². The van der Waals surface area contributed by atoms with E-state index < -0.39 is 0 Å². The Labute approximate surface area is 351 Å². The predicted octanol–water partition coefficient (Wildman–Crippen LogP) is 13.7. The van der Waals surface area contributed by atoms with Gasteiger partial charge in [-0.2, -0.15) is 0 Å². The molecule has 2 aliphatic heterocycles. The zero-order valence-electron chi connectivity index (χ0n) is 34.2. The minimum absolute atomic E-state index is 0.0663. The maximum absolute atomic E-state index is 6.57. The second-order valence-corrected chi connectivity index (χ2v) is 17.1. The molecule has 2 aliphatic rings. The minimum Gasteiger partial charge on any atom is -0.450 e. The second-order valence-electron chi connectivity index (χ2n) is 17.1. The van der Waals surface area contributed by atoms with Crippen LogP contribution in [0.5, 0.6) is 23.0 Å². The summed E-state index contributed by atoms with van der Waals surface area (Å²) in [4.78, 5) is 2.46. The van der Waals surface area contributed by atoms with Crippen LogP contribution in [0.3, 0.4) is 0 Å². The van der Waals surface area contributed by atoms with Crippen LogP contribution in [0, 0.1) is 6.92 Å². The molecular weight excluding hydrogens is 731 g/mol. The predicted molar refractivity (Wildman–Crippen MR) is 253 cm³/mol. The number of anilines is 5. The number of rotatable bonds is 5. The average Bonchev–Trinajstić information content (AvgIpc) is 3.26. The summed E-state index contributed by atoms with van der Waals surface area (Å²) in [5, 5.41) is 8.68. The van der Waals surface area contributed by atoms with Gasteiger partial charge in [0.05, 0.1) is 0 Å². The smallest absolute Gasteiger partial charge is 0.198 e. The van der Waals surface area contributed by atoms with Crippen molar-refractivity contribution in [3.8, 4) is 45.3 Å². The third kappa shape index (κ3) is 6.17. The summed E-state index contributed by atoms with van der Waals surface area (Å²) in [6.45, 7) is 9.00. The van der Waals surface area contributed by atoms with Gasteiger partial charge in [0.1, 0.15) is 0 Å². The van der Waals surface area contributed by atoms with Gasteiger partial charge in [-0.15, -0.1) is 0 Å². The highest BCUT2D eigenvalue weighted by molar-refractivity contribution is 6.74. The molecule has 0 fully saturated rings. The van der Waals surface area contributed by atoms with E-state index in [1.165, 1.54) is 60.3 Å². The van der Waals surface area contributed by atoms with Crippen LogP contribution in [0.2, 0.25) is 0 Å². The molecule has 0 saturated heterocycles. The zero-order valence-corrected chi connectivity index (χ0v) is 34.2. The fraction of sp³-hybridized carbons (Fsp3) is 0.0909. The highest BCUT2D eigenvalue weighted by atomic mass is 16.6. The first-order chi connectivity index (χ1) is 29.2. The van der Waals surface area contributed by atoms with Crippen molar-refractivity contribution in [3.05, 3.63) is 187 Å². The topological polar surface area (TPSA) is 33.7 Å². The van der Waals surface area contributed by atoms with Crippen LogP contribution in [0.25, 0.3) is 43.8 Å². The highest BCUT2D eigenvalue weighted by Crippen LogP contribution is 2.50. The lowest BCUT2D eigenvalue weighted by Crippen LogP contribution is -2.41. The summed E-state index contributed by atoms with van der Waals surface area (Å²) in [7, 11) is 0.702. The molecule has 288 valence electrons. The first-order valence-electron chi connectivity index (χ1n) is 20.8. The SMILES string of the molecule is Cc1cc(-c2ccccc2)ccc1N1c2cc3c(cc2Bc2c1cc1ccccc1c2-c1cc2ccccc2cc1Nc1ccc(C(C)(C)C)cc1)Oc1ccccc1O3. The van der Waals surface area contributed by atoms with Gasteiger partial charge in [0.15, 0.2) is 30.3 Å². The largest absolute Gasteiger partial charge is 0.450 e. The molecular formula is C55H43BN2O2. The Balaban J connectivity index is 1.16. The molecule has 1 N–H and O–H groups in total. The van der Waals surface area contributed by atoms with Gasteiger partial charge in [-0.25, -0.2) is 0 Å². The number of para-hydroxylation sites is 2. The van der Waals surface area contributed by atoms with Gasteiger partial charge >= 0.3 is 0 Å². The molecule has 0 amide bonds. The molecule has 9 aromatic rings. The van der Waals surface area contributed by atoms with Crippen LogP contribution >= 0.6 is 0 Å². The molecule has 5 heteroatoms. The van der Waals surface area contributed by atoms with Gasteiger partial charge in [-0.05, 0) is 128 Å². The van der Waals surface area contributed by atoms with E-state index in [0.717, 1.165) is 45.5 Å². The van der Waals surface area contributed by atoms with Crippen LogP contribution in [0.1, 0.15) is 31.9 Å². The Morgan fingerprint density at radius 3 is 1.88 bits per heavy atom. The molecule has 0 atom stereocenters. The van der Waals surface area contributed by atoms with Crippen molar-refractivity contribution in [2.24, 2.45) is 0 Å². The molecule has 0 aromatic heterocycles. The summed E-state index contributed by atoms with van der Waals surface area (Å²) in [5.74, 6) is 2.87. The number of hydrogen-bond acceptors (Lipinski definition) is 4. The Kier molecular flexibility index (Phi) is 8.35. The van der Waals surface area contributed by atoms with Gasteiger partial charge in [0, 0.05) is 40.1 Å². The van der Waals surface area contributed by atoms with Crippen LogP contribution in [0.4, 0.5) is 28.4 Å². The van der Waals surface area contributed by atoms with Crippen molar-refractivity contribution in [1.82, 2.24) is 0 Å². The third-order valence-electron chi connectivity index (χ3n) is 12.1. The molecule has 4 nitrogen and oxygen atoms in total. The van der Waals surface area contributed by atoms with Crippen molar-refractivity contribution in [2.75, 3.05) is 10.2 Å². The molecule has 0 bridgehead atoms. The normalized spacial score (nSPS) is 12.7. The van der Waals surface area contributed by atoms with Gasteiger partial charge in [-0.1, -0.05) is 135 Å². The van der Waals surface area contributed by atoms with Crippen molar-refractivity contribution in [1.29, 1.82) is 0 Å². The number of benzene rings is 9. The van der Waals surface area contributed by atoms with E-state index in [-0.39, 0.29) is 5.41 Å². The molecule has 2 heterocycles. The lowest BCUT2D eigenvalue weighted by atomic mass is 9.57. The average molecular weight is 775 g/mol. The maximum atomic E-state index is 6.57. The lowest BCUT2D eigenvalue weighted by molar-refractivity contribution is 0.360. The Hall–Kier alpha value is -7.24. The first kappa shape index (κ1) is 35.9. The highest BCUT2D eigenvalue weighted by Gasteiger charge is 2.33. The zero-order chi connectivity index (χ0) is 40.5. The number of nitrogens with one attached hydrogen (secondary N) is 1. The number of ether oxygens (including phenoxy) is 2. The Morgan fingerprint density at radius 2 is 1.17 bits per heavy atom. The second kappa shape index (κ2) is 14.0. The molecule has 0 aliphatic carbocycles. The quantitative estimate of drug-likeness (QED) is 0.177. The standard InChI is InChI=1S/C55H43BN2O2/c1-34-28-38(35-14-6-5-7-15-35)22-27-46(34)58-47-33-52-51(59-49-20-12-13-21-50(49)60-52)32-44(47)56-54-48(58)31-39-18-10-11-19-42(39)53(54)43-29-36-16-8-9-17-37(36)30-45(43)57-41-25-23-40(24-26-41)55(2,3)4/h5-33,56-57H,1-4H3. The summed E-state index contributed by atoms with van der Waals surface area (Å²) in [5.41, 5.74) is 15.2. The molecule has 11 rings (SSSR count). The molecule has 9 aromatic carbocycles. The fourth-order valence-corrected chi connectivity index (χ4v) is 9.07. The Morgan fingerprint density at radius 1 is 0.517 bits per heavy atom. The number of nitrogens with zero attached hydrogens (tertiary/aromatic N) is 1. The van der Waals surface area contributed by atoms with Crippen LogP contribution in [0.15, 0.2) is 176 Å². The summed E-state index contributed by atoms with van der Waals surface area (Å²) < 4.78 is 13.1. The number of aryl methyl sites for hydroxylation is 1. The van der Waals surface area contributed by atoms with E-state index in [1.807, 2.05) is 24.3 Å². The molecule has 0 spiro atoms. The van der Waals surface area contributed by atoms with E-state index >= 15 is 0 Å². The van der Waals surface area contributed by atoms with E-state index in [4.69, 9.17) is 9.47 Å². The van der Waals surface area contributed by atoms with Crippen LogP contribution < -0.4 is 30.6 Å². The van der Waals surface area contributed by atoms with E-state index in [0.29, 0.717) is 18.8 Å². The fourth-order valence-electron chi connectivity index (χ4n) is 9.07. The monoisotopic (exact) mass is 774 g/mol. The van der Waals surface area contributed by atoms with Crippen molar-refractivity contribution >= 4 is 68.2 Å². The number of hydrogen-bond donors (Lipinski definition) is 1. The van der Waals surface area contributed by atoms with Gasteiger partial charge in [-0.3, -0.25) is 0 Å². The van der Waals surface area contributed by atoms with Crippen molar-refractivity contribution in [3.63, 3.8) is 0 Å². The first-order valence-corrected chi connectivity index (χ1v) is 20.8. The Bertz CT molecular complexity index is 3150. The van der Waals surface area contributed by atoms with Crippen LogP contribution in [-0.4, -0.2) is 7.28 Å². The minimum atomic E-state index is 0.0663. The third-order valence-corrected chi connectivity index (χ3v) is 12.1. The van der Waals surface area contributed by atoms with E-state index in [9.17, 15) is 0 Å². The molecule has 0 saturated carbocycles. The summed E-state index contributed by atoms with van der Waals surface area (Å²) in [6.07, 6.45) is 0. The van der Waals surface area contributed by atoms with Crippen molar-refractivity contribution in [2.45, 2.75) is 33.1 Å². The van der Waals surface area contributed by atoms with E-state index in [1.54, 1.807) is 0 Å². The maximum Gasteiger partial charge on any atom is 0.198 e. The molecule has 60 heavy (non-hydrogen) atoms. The molecule has 0 radical (unpaired) electrons. The van der Waals surface area contributed by atoms with Crippen LogP contribution in [-0.2, 0) is 5.41 Å². The summed E-state index contributed by atoms with van der Waals surface area (Å²) in [6, 6.07) is 63.2. The molecule has 0 unspecified atom stereocenters. The van der Waals surface area contributed by atoms with Gasteiger partial charge < -0.3 is 19.7 Å². The van der Waals surface area contributed by atoms with E-state index in [2.05, 4.69) is 190 Å². The van der Waals surface area contributed by atoms with Gasteiger partial charge in [0.2, 0.25) is 0 Å². The number of fused-ring (bicyclic) bond motifs is 6. The lowest BCUT2D eigenvalue weighted by Gasteiger charge is -2.37.